The molecule has 2 aromatic heterocycles. The van der Waals surface area contributed by atoms with Gasteiger partial charge in [0.1, 0.15) is 9.88 Å². The molecule has 1 aliphatic heterocycles. The molecule has 0 bridgehead atoms. The summed E-state index contributed by atoms with van der Waals surface area (Å²) in [6, 6.07) is 13.1. The minimum absolute atomic E-state index is 0.180. The van der Waals surface area contributed by atoms with Crippen molar-refractivity contribution in [1.29, 1.82) is 0 Å². The molecule has 0 atom stereocenters. The summed E-state index contributed by atoms with van der Waals surface area (Å²) in [6.45, 7) is 3.90. The van der Waals surface area contributed by atoms with Crippen molar-refractivity contribution in [3.05, 3.63) is 88.3 Å². The Morgan fingerprint density at radius 2 is 1.83 bits per heavy atom. The Morgan fingerprint density at radius 3 is 2.50 bits per heavy atom. The van der Waals surface area contributed by atoms with Crippen molar-refractivity contribution in [2.24, 2.45) is 0 Å². The first kappa shape index (κ1) is 19.7. The van der Waals surface area contributed by atoms with Crippen LogP contribution in [0.3, 0.4) is 0 Å². The summed E-state index contributed by atoms with van der Waals surface area (Å²) < 4.78 is 0. The van der Waals surface area contributed by atoms with Crippen LogP contribution in [-0.4, -0.2) is 38.4 Å². The van der Waals surface area contributed by atoms with Gasteiger partial charge in [-0.25, -0.2) is 9.78 Å². The molecule has 0 unspecified atom stereocenters. The van der Waals surface area contributed by atoms with Crippen LogP contribution in [0.25, 0.3) is 16.1 Å². The predicted molar refractivity (Wildman–Crippen MR) is 116 cm³/mol. The lowest BCUT2D eigenvalue weighted by atomic mass is 9.97. The van der Waals surface area contributed by atoms with E-state index in [1.54, 1.807) is 13.1 Å². The number of carboxylic acid groups (broad SMARTS) is 1. The zero-order valence-electron chi connectivity index (χ0n) is 16.5. The molecule has 0 aliphatic carbocycles. The van der Waals surface area contributed by atoms with Crippen molar-refractivity contribution in [3.8, 4) is 10.6 Å². The Morgan fingerprint density at radius 1 is 1.07 bits per heavy atom. The van der Waals surface area contributed by atoms with Crippen molar-refractivity contribution in [2.75, 3.05) is 6.54 Å². The molecule has 0 saturated heterocycles. The van der Waals surface area contributed by atoms with Gasteiger partial charge < -0.3 is 10.0 Å². The van der Waals surface area contributed by atoms with E-state index in [2.05, 4.69) is 9.97 Å². The number of carboxylic acids is 1. The maximum absolute atomic E-state index is 13.2. The van der Waals surface area contributed by atoms with Crippen molar-refractivity contribution in [3.63, 3.8) is 0 Å². The average Bonchev–Trinajstić information content (AvgIpc) is 3.15. The number of thiazole rings is 1. The molecule has 6 nitrogen and oxygen atoms in total. The first-order valence-corrected chi connectivity index (χ1v) is 10.2. The van der Waals surface area contributed by atoms with Gasteiger partial charge in [0.05, 0.1) is 17.8 Å². The van der Waals surface area contributed by atoms with Crippen LogP contribution in [0.1, 0.15) is 26.6 Å². The number of aromatic nitrogens is 2. The van der Waals surface area contributed by atoms with Crippen molar-refractivity contribution in [2.45, 2.75) is 13.8 Å². The molecule has 1 aliphatic rings. The smallest absolute Gasteiger partial charge is 0.336 e. The van der Waals surface area contributed by atoms with E-state index in [1.807, 2.05) is 49.4 Å². The monoisotopic (exact) mass is 417 g/mol. The number of aryl methyl sites for hydroxylation is 2. The standard InChI is InChI=1S/C23H19N3O3S/c1-14-8-9-17(12-24-14)21-25-15(2)20(30-21)22(27)26-11-10-18(23(28)29)19(13-26)16-6-4-3-5-7-16/h3-12H,13H2,1-2H3,(H,28,29). The van der Waals surface area contributed by atoms with Crippen molar-refractivity contribution >= 4 is 28.8 Å². The molecule has 1 N–H and O–H groups in total. The van der Waals surface area contributed by atoms with Gasteiger partial charge in [-0.15, -0.1) is 11.3 Å². The maximum atomic E-state index is 13.2. The van der Waals surface area contributed by atoms with E-state index in [9.17, 15) is 14.7 Å². The van der Waals surface area contributed by atoms with Gasteiger partial charge in [0.15, 0.2) is 0 Å². The van der Waals surface area contributed by atoms with E-state index < -0.39 is 5.97 Å². The van der Waals surface area contributed by atoms with Crippen LogP contribution in [0.4, 0.5) is 0 Å². The summed E-state index contributed by atoms with van der Waals surface area (Å²) in [5.74, 6) is -1.22. The largest absolute Gasteiger partial charge is 0.478 e. The topological polar surface area (TPSA) is 83.4 Å². The summed E-state index contributed by atoms with van der Waals surface area (Å²) in [5, 5.41) is 10.3. The average molecular weight is 417 g/mol. The molecule has 0 spiro atoms. The second kappa shape index (κ2) is 8.04. The number of hydrogen-bond donors (Lipinski definition) is 1. The number of pyridine rings is 1. The Hall–Kier alpha value is -3.58. The van der Waals surface area contributed by atoms with E-state index in [0.717, 1.165) is 21.8 Å². The zero-order chi connectivity index (χ0) is 21.3. The molecule has 0 radical (unpaired) electrons. The summed E-state index contributed by atoms with van der Waals surface area (Å²) in [6.07, 6.45) is 4.76. The fourth-order valence-electron chi connectivity index (χ4n) is 3.24. The molecule has 1 aromatic carbocycles. The summed E-state index contributed by atoms with van der Waals surface area (Å²) in [7, 11) is 0. The van der Waals surface area contributed by atoms with Crippen LogP contribution in [0.15, 0.2) is 66.5 Å². The number of carbonyl (C=O) groups excluding carboxylic acids is 1. The molecule has 0 saturated carbocycles. The van der Waals surface area contributed by atoms with Gasteiger partial charge in [-0.2, -0.15) is 0 Å². The number of aliphatic carboxylic acids is 1. The van der Waals surface area contributed by atoms with Gasteiger partial charge in [-0.1, -0.05) is 30.3 Å². The van der Waals surface area contributed by atoms with Crippen LogP contribution in [0.5, 0.6) is 0 Å². The fraction of sp³-hybridized carbons (Fsp3) is 0.130. The number of rotatable bonds is 4. The first-order chi connectivity index (χ1) is 14.4. The quantitative estimate of drug-likeness (QED) is 0.683. The molecule has 3 heterocycles. The van der Waals surface area contributed by atoms with Crippen molar-refractivity contribution < 1.29 is 14.7 Å². The third-order valence-electron chi connectivity index (χ3n) is 4.84. The van der Waals surface area contributed by atoms with Gasteiger partial charge in [-0.05, 0) is 43.2 Å². The van der Waals surface area contributed by atoms with Gasteiger partial charge in [0.25, 0.3) is 5.91 Å². The molecular formula is C23H19N3O3S. The lowest BCUT2D eigenvalue weighted by molar-refractivity contribution is -0.132. The third-order valence-corrected chi connectivity index (χ3v) is 6.03. The van der Waals surface area contributed by atoms with E-state index in [4.69, 9.17) is 0 Å². The summed E-state index contributed by atoms with van der Waals surface area (Å²) in [5.41, 5.74) is 3.99. The number of carbonyl (C=O) groups is 2. The highest BCUT2D eigenvalue weighted by Crippen LogP contribution is 2.31. The molecule has 30 heavy (non-hydrogen) atoms. The lowest BCUT2D eigenvalue weighted by Crippen LogP contribution is -2.30. The van der Waals surface area contributed by atoms with Crippen LogP contribution in [-0.2, 0) is 4.79 Å². The maximum Gasteiger partial charge on any atom is 0.336 e. The SMILES string of the molecule is Cc1ccc(-c2nc(C)c(C(=O)N3C=CC(C(=O)O)=C(c4ccccc4)C3)s2)cn1. The predicted octanol–water partition coefficient (Wildman–Crippen LogP) is 4.33. The third kappa shape index (κ3) is 3.79. The Kier molecular flexibility index (Phi) is 5.29. The van der Waals surface area contributed by atoms with Crippen molar-refractivity contribution in [1.82, 2.24) is 14.9 Å². The number of nitrogens with zero attached hydrogens (tertiary/aromatic N) is 3. The molecule has 3 aromatic rings. The Labute approximate surface area is 177 Å². The van der Waals surface area contributed by atoms with E-state index >= 15 is 0 Å². The molecular weight excluding hydrogens is 398 g/mol. The minimum Gasteiger partial charge on any atom is -0.478 e. The van der Waals surface area contributed by atoms with E-state index in [1.165, 1.54) is 28.5 Å². The molecule has 7 heteroatoms. The van der Waals surface area contributed by atoms with Gasteiger partial charge in [0, 0.05) is 23.7 Å². The highest BCUT2D eigenvalue weighted by atomic mass is 32.1. The summed E-state index contributed by atoms with van der Waals surface area (Å²) in [4.78, 5) is 35.8. The van der Waals surface area contributed by atoms with Crippen LogP contribution >= 0.6 is 11.3 Å². The highest BCUT2D eigenvalue weighted by Gasteiger charge is 2.26. The van der Waals surface area contributed by atoms with Gasteiger partial charge >= 0.3 is 5.97 Å². The molecule has 1 amide bonds. The second-order valence-corrected chi connectivity index (χ2v) is 7.93. The minimum atomic E-state index is -1.01. The van der Waals surface area contributed by atoms with E-state index in [-0.39, 0.29) is 18.0 Å². The van der Waals surface area contributed by atoms with Gasteiger partial charge in [-0.3, -0.25) is 9.78 Å². The summed E-state index contributed by atoms with van der Waals surface area (Å²) >= 11 is 1.32. The molecule has 0 fully saturated rings. The van der Waals surface area contributed by atoms with Crippen LogP contribution in [0.2, 0.25) is 0 Å². The number of benzene rings is 1. The Bertz CT molecular complexity index is 1180. The zero-order valence-corrected chi connectivity index (χ0v) is 17.3. The fourth-order valence-corrected chi connectivity index (χ4v) is 4.25. The first-order valence-electron chi connectivity index (χ1n) is 9.35. The van der Waals surface area contributed by atoms with Crippen LogP contribution < -0.4 is 0 Å². The van der Waals surface area contributed by atoms with Crippen LogP contribution in [0, 0.1) is 13.8 Å². The molecule has 150 valence electrons. The lowest BCUT2D eigenvalue weighted by Gasteiger charge is -2.25. The number of amides is 1. The van der Waals surface area contributed by atoms with E-state index in [0.29, 0.717) is 16.1 Å². The normalized spacial score (nSPS) is 13.6. The highest BCUT2D eigenvalue weighted by molar-refractivity contribution is 7.17. The Balaban J connectivity index is 1.64. The molecule has 4 rings (SSSR count). The van der Waals surface area contributed by atoms with Gasteiger partial charge in [0.2, 0.25) is 0 Å². The number of hydrogen-bond acceptors (Lipinski definition) is 5. The second-order valence-electron chi connectivity index (χ2n) is 6.93.